The van der Waals surface area contributed by atoms with E-state index in [0.29, 0.717) is 29.6 Å². The number of amides is 1. The number of ether oxygens (including phenoxy) is 2. The lowest BCUT2D eigenvalue weighted by Gasteiger charge is -2.19. The second-order valence-electron chi connectivity index (χ2n) is 7.33. The molecule has 14 heteroatoms. The van der Waals surface area contributed by atoms with Crippen molar-refractivity contribution in [3.05, 3.63) is 33.2 Å². The van der Waals surface area contributed by atoms with Crippen molar-refractivity contribution >= 4 is 22.9 Å². The van der Waals surface area contributed by atoms with Gasteiger partial charge in [-0.1, -0.05) is 11.3 Å². The van der Waals surface area contributed by atoms with Crippen LogP contribution in [-0.4, -0.2) is 64.4 Å². The molecule has 0 bridgehead atoms. The van der Waals surface area contributed by atoms with Crippen molar-refractivity contribution in [3.8, 4) is 11.3 Å². The zero-order valence-electron chi connectivity index (χ0n) is 17.5. The molecule has 0 saturated carbocycles. The molecule has 0 aliphatic carbocycles. The van der Waals surface area contributed by atoms with Gasteiger partial charge in [0.1, 0.15) is 22.6 Å². The highest BCUT2D eigenvalue weighted by Crippen LogP contribution is 2.31. The number of aromatic nitrogens is 3. The summed E-state index contributed by atoms with van der Waals surface area (Å²) in [6, 6.07) is 1.42. The molecule has 0 aromatic carbocycles. The van der Waals surface area contributed by atoms with Crippen LogP contribution in [0.15, 0.2) is 17.2 Å². The van der Waals surface area contributed by atoms with Crippen LogP contribution >= 0.6 is 11.3 Å². The maximum absolute atomic E-state index is 13.1. The number of hydrogen-bond acceptors (Lipinski definition) is 9. The number of nitrogens with zero attached hydrogens (tertiary/aromatic N) is 4. The van der Waals surface area contributed by atoms with Crippen LogP contribution < -0.4 is 15.6 Å². The first kappa shape index (κ1) is 24.5. The molecule has 3 heterocycles. The summed E-state index contributed by atoms with van der Waals surface area (Å²) in [6.07, 6.45) is -1.97. The highest BCUT2D eigenvalue weighted by Gasteiger charge is 2.37. The van der Waals surface area contributed by atoms with Gasteiger partial charge in [0, 0.05) is 19.0 Å². The molecule has 1 saturated heterocycles. The van der Waals surface area contributed by atoms with Gasteiger partial charge in [0.05, 0.1) is 44.3 Å². The Morgan fingerprint density at radius 2 is 2.27 bits per heavy atom. The predicted octanol–water partition coefficient (Wildman–Crippen LogP) is 2.00. The highest BCUT2D eigenvalue weighted by atomic mass is 32.1. The average Bonchev–Trinajstić information content (AvgIpc) is 3.40. The van der Waals surface area contributed by atoms with E-state index in [9.17, 15) is 22.8 Å². The third-order valence-corrected chi connectivity index (χ3v) is 5.52. The normalized spacial score (nSPS) is 16.9. The number of halogens is 3. The predicted molar refractivity (Wildman–Crippen MR) is 111 cm³/mol. The van der Waals surface area contributed by atoms with E-state index in [1.54, 1.807) is 16.9 Å². The number of H-pyrrole nitrogens is 1. The van der Waals surface area contributed by atoms with Crippen molar-refractivity contribution in [3.63, 3.8) is 0 Å². The van der Waals surface area contributed by atoms with E-state index in [1.807, 2.05) is 6.07 Å². The second kappa shape index (κ2) is 10.6. The summed E-state index contributed by atoms with van der Waals surface area (Å²) in [6.45, 7) is 2.61. The SMILES string of the molecule is C[C@@H](COCCC(=O)N1CCC(Oc2ncc(C#N)s2)C1)Nc1cn[nH]c(=O)c1C(F)(F)F. The minimum atomic E-state index is -4.83. The van der Waals surface area contributed by atoms with Crippen LogP contribution in [0.3, 0.4) is 0 Å². The number of anilines is 1. The third kappa shape index (κ3) is 6.65. The summed E-state index contributed by atoms with van der Waals surface area (Å²) in [5, 5.41) is 17.0. The Bertz CT molecular complexity index is 1070. The molecule has 178 valence electrons. The Kier molecular flexibility index (Phi) is 7.88. The number of alkyl halides is 3. The quantitative estimate of drug-likeness (QED) is 0.514. The molecule has 0 radical (unpaired) electrons. The van der Waals surface area contributed by atoms with Crippen molar-refractivity contribution in [2.75, 3.05) is 31.6 Å². The van der Waals surface area contributed by atoms with Crippen molar-refractivity contribution in [1.82, 2.24) is 20.1 Å². The number of aromatic amines is 1. The molecule has 1 unspecified atom stereocenters. The number of thiazole rings is 1. The molecule has 1 fully saturated rings. The minimum Gasteiger partial charge on any atom is -0.465 e. The van der Waals surface area contributed by atoms with Gasteiger partial charge in [0.2, 0.25) is 5.91 Å². The van der Waals surface area contributed by atoms with Gasteiger partial charge in [0.15, 0.2) is 0 Å². The largest absolute Gasteiger partial charge is 0.465 e. The third-order valence-electron chi connectivity index (χ3n) is 4.73. The van der Waals surface area contributed by atoms with E-state index >= 15 is 0 Å². The summed E-state index contributed by atoms with van der Waals surface area (Å²) < 4.78 is 50.4. The average molecular weight is 486 g/mol. The zero-order chi connectivity index (χ0) is 24.0. The van der Waals surface area contributed by atoms with Gasteiger partial charge in [-0.2, -0.15) is 23.5 Å². The highest BCUT2D eigenvalue weighted by molar-refractivity contribution is 7.13. The molecule has 1 aliphatic heterocycles. The number of likely N-dealkylation sites (tertiary alicyclic amines) is 1. The van der Waals surface area contributed by atoms with Crippen LogP contribution in [-0.2, 0) is 15.7 Å². The standard InChI is InChI=1S/C19H21F3N6O4S/c1-11(26-14-8-25-27-17(30)16(14)19(20,21)22)10-31-5-3-15(29)28-4-2-12(9-28)32-18-24-7-13(6-23)33-18/h7-8,11-12H,2-5,9-10H2,1H3,(H2,26,27,30)/t11-,12?/m0/s1. The number of hydrogen-bond donors (Lipinski definition) is 2. The van der Waals surface area contributed by atoms with Crippen LogP contribution in [0.1, 0.15) is 30.2 Å². The van der Waals surface area contributed by atoms with E-state index in [4.69, 9.17) is 14.7 Å². The summed E-state index contributed by atoms with van der Waals surface area (Å²) in [5.74, 6) is -0.128. The molecular formula is C19H21F3N6O4S. The molecule has 0 spiro atoms. The molecule has 1 amide bonds. The van der Waals surface area contributed by atoms with E-state index in [-0.39, 0.29) is 31.6 Å². The molecule has 2 aromatic rings. The Morgan fingerprint density at radius 3 is 2.97 bits per heavy atom. The lowest BCUT2D eigenvalue weighted by molar-refractivity contribution is -0.138. The van der Waals surface area contributed by atoms with Gasteiger partial charge in [-0.05, 0) is 6.92 Å². The Balaban J connectivity index is 1.39. The molecule has 33 heavy (non-hydrogen) atoms. The molecule has 2 N–H and O–H groups in total. The smallest absolute Gasteiger partial charge is 0.423 e. The fourth-order valence-electron chi connectivity index (χ4n) is 3.23. The number of nitrogens with one attached hydrogen (secondary N) is 2. The number of rotatable bonds is 9. The van der Waals surface area contributed by atoms with Crippen LogP contribution in [0.2, 0.25) is 0 Å². The Hall–Kier alpha value is -3.18. The van der Waals surface area contributed by atoms with Crippen LogP contribution in [0, 0.1) is 11.3 Å². The fraction of sp³-hybridized carbons (Fsp3) is 0.526. The lowest BCUT2D eigenvalue weighted by atomic mass is 10.2. The Labute approximate surface area is 190 Å². The van der Waals surface area contributed by atoms with Crippen LogP contribution in [0.5, 0.6) is 5.19 Å². The van der Waals surface area contributed by atoms with Crippen molar-refractivity contribution in [1.29, 1.82) is 5.26 Å². The van der Waals surface area contributed by atoms with Crippen molar-refractivity contribution < 1.29 is 27.4 Å². The van der Waals surface area contributed by atoms with Gasteiger partial charge < -0.3 is 19.7 Å². The molecule has 2 aromatic heterocycles. The summed E-state index contributed by atoms with van der Waals surface area (Å²) in [4.78, 5) is 30.0. The first-order valence-corrected chi connectivity index (χ1v) is 10.8. The van der Waals surface area contributed by atoms with Crippen molar-refractivity contribution in [2.45, 2.75) is 38.1 Å². The molecule has 3 rings (SSSR count). The minimum absolute atomic E-state index is 0.0222. The van der Waals surface area contributed by atoms with E-state index in [2.05, 4.69) is 15.4 Å². The van der Waals surface area contributed by atoms with Gasteiger partial charge in [-0.3, -0.25) is 9.59 Å². The molecule has 2 atom stereocenters. The summed E-state index contributed by atoms with van der Waals surface area (Å²) >= 11 is 1.14. The topological polar surface area (TPSA) is 133 Å². The summed E-state index contributed by atoms with van der Waals surface area (Å²) in [7, 11) is 0. The fourth-order valence-corrected chi connectivity index (χ4v) is 3.86. The van der Waals surface area contributed by atoms with Gasteiger partial charge in [-0.25, -0.2) is 10.1 Å². The summed E-state index contributed by atoms with van der Waals surface area (Å²) in [5.41, 5.74) is -3.13. The van der Waals surface area contributed by atoms with Crippen LogP contribution in [0.25, 0.3) is 0 Å². The van der Waals surface area contributed by atoms with Gasteiger partial charge in [-0.15, -0.1) is 0 Å². The maximum Gasteiger partial charge on any atom is 0.423 e. The van der Waals surface area contributed by atoms with Crippen LogP contribution in [0.4, 0.5) is 18.9 Å². The lowest BCUT2D eigenvalue weighted by Crippen LogP contribution is -2.32. The van der Waals surface area contributed by atoms with Gasteiger partial charge >= 0.3 is 6.18 Å². The van der Waals surface area contributed by atoms with Crippen molar-refractivity contribution in [2.24, 2.45) is 0 Å². The number of nitriles is 1. The second-order valence-corrected chi connectivity index (χ2v) is 8.32. The van der Waals surface area contributed by atoms with E-state index in [1.165, 1.54) is 6.20 Å². The number of carbonyl (C=O) groups excluding carboxylic acids is 1. The molecular weight excluding hydrogens is 465 g/mol. The monoisotopic (exact) mass is 486 g/mol. The molecule has 1 aliphatic rings. The van der Waals surface area contributed by atoms with E-state index in [0.717, 1.165) is 17.5 Å². The molecule has 10 nitrogen and oxygen atoms in total. The number of carbonyl (C=O) groups is 1. The van der Waals surface area contributed by atoms with E-state index < -0.39 is 29.0 Å². The zero-order valence-corrected chi connectivity index (χ0v) is 18.3. The maximum atomic E-state index is 13.1. The first-order chi connectivity index (χ1) is 15.7. The first-order valence-electron chi connectivity index (χ1n) is 9.97. The Morgan fingerprint density at radius 1 is 1.48 bits per heavy atom. The van der Waals surface area contributed by atoms with Gasteiger partial charge in [0.25, 0.3) is 10.8 Å².